The molecule has 2 aromatic rings. The van der Waals surface area contributed by atoms with Gasteiger partial charge in [0.25, 0.3) is 0 Å². The molecule has 0 saturated heterocycles. The second kappa shape index (κ2) is 7.72. The zero-order valence-corrected chi connectivity index (χ0v) is 11.9. The van der Waals surface area contributed by atoms with Crippen LogP contribution in [0.1, 0.15) is 17.5 Å². The largest absolute Gasteiger partial charge is 0.494 e. The molecule has 0 radical (unpaired) electrons. The molecule has 2 rings (SSSR count). The molecule has 0 fully saturated rings. The third-order valence-electron chi connectivity index (χ3n) is 3.12. The zero-order valence-electron chi connectivity index (χ0n) is 11.9. The van der Waals surface area contributed by atoms with Crippen LogP contribution in [-0.2, 0) is 13.1 Å². The Bertz CT molecular complexity index is 497. The van der Waals surface area contributed by atoms with E-state index in [-0.39, 0.29) is 0 Å². The zero-order chi connectivity index (χ0) is 14.2. The molecule has 0 aliphatic rings. The van der Waals surface area contributed by atoms with Gasteiger partial charge in [-0.15, -0.1) is 0 Å². The summed E-state index contributed by atoms with van der Waals surface area (Å²) in [6, 6.07) is 9.93. The Morgan fingerprint density at radius 1 is 1.25 bits per heavy atom. The molecule has 1 heterocycles. The van der Waals surface area contributed by atoms with Gasteiger partial charge in [-0.2, -0.15) is 0 Å². The fraction of sp³-hybridized carbons (Fsp3) is 0.375. The van der Waals surface area contributed by atoms with Crippen LogP contribution in [-0.4, -0.2) is 25.1 Å². The van der Waals surface area contributed by atoms with Gasteiger partial charge in [0.15, 0.2) is 0 Å². The summed E-state index contributed by atoms with van der Waals surface area (Å²) in [5.74, 6) is 0.894. The minimum Gasteiger partial charge on any atom is -0.494 e. The Labute approximate surface area is 120 Å². The van der Waals surface area contributed by atoms with Gasteiger partial charge in [0.05, 0.1) is 19.1 Å². The smallest absolute Gasteiger partial charge is 0.119 e. The van der Waals surface area contributed by atoms with Crippen molar-refractivity contribution < 1.29 is 9.15 Å². The van der Waals surface area contributed by atoms with Gasteiger partial charge in [0, 0.05) is 25.2 Å². The summed E-state index contributed by atoms with van der Waals surface area (Å²) in [4.78, 5) is 2.25. The van der Waals surface area contributed by atoms with Crippen LogP contribution in [0.4, 0.5) is 0 Å². The first-order chi connectivity index (χ1) is 9.78. The quantitative estimate of drug-likeness (QED) is 0.752. The normalized spacial score (nSPS) is 10.9. The standard InChI is InChI=1S/C16H22N2O2/c1-18(12-15-6-9-19-13-15)7-3-8-20-16-5-2-4-14(10-16)11-17/h2,4-6,9-10,13H,3,7-8,11-12,17H2,1H3. The van der Waals surface area contributed by atoms with Gasteiger partial charge in [-0.3, -0.25) is 0 Å². The van der Waals surface area contributed by atoms with Gasteiger partial charge in [0.2, 0.25) is 0 Å². The molecule has 0 atom stereocenters. The Kier molecular flexibility index (Phi) is 5.65. The molecule has 0 bridgehead atoms. The first-order valence-corrected chi connectivity index (χ1v) is 6.89. The first kappa shape index (κ1) is 14.6. The molecule has 0 spiro atoms. The van der Waals surface area contributed by atoms with E-state index in [0.29, 0.717) is 13.2 Å². The number of ether oxygens (including phenoxy) is 1. The van der Waals surface area contributed by atoms with E-state index in [1.807, 2.05) is 30.3 Å². The number of benzene rings is 1. The second-order valence-corrected chi connectivity index (χ2v) is 4.92. The lowest BCUT2D eigenvalue weighted by Crippen LogP contribution is -2.20. The third kappa shape index (κ3) is 4.72. The second-order valence-electron chi connectivity index (χ2n) is 4.92. The van der Waals surface area contributed by atoms with E-state index in [4.69, 9.17) is 14.9 Å². The van der Waals surface area contributed by atoms with Crippen LogP contribution in [0, 0.1) is 0 Å². The molecule has 4 nitrogen and oxygen atoms in total. The topological polar surface area (TPSA) is 51.6 Å². The highest BCUT2D eigenvalue weighted by atomic mass is 16.5. The van der Waals surface area contributed by atoms with Gasteiger partial charge in [0.1, 0.15) is 5.75 Å². The molecule has 2 N–H and O–H groups in total. The number of nitrogens with two attached hydrogens (primary N) is 1. The van der Waals surface area contributed by atoms with Crippen molar-refractivity contribution in [2.24, 2.45) is 5.73 Å². The summed E-state index contributed by atoms with van der Waals surface area (Å²) in [5, 5.41) is 0. The van der Waals surface area contributed by atoms with Crippen molar-refractivity contribution in [2.45, 2.75) is 19.5 Å². The number of furan rings is 1. The summed E-state index contributed by atoms with van der Waals surface area (Å²) in [7, 11) is 2.10. The lowest BCUT2D eigenvalue weighted by atomic mass is 10.2. The summed E-state index contributed by atoms with van der Waals surface area (Å²) >= 11 is 0. The molecular formula is C16H22N2O2. The van der Waals surface area contributed by atoms with Crippen molar-refractivity contribution >= 4 is 0 Å². The van der Waals surface area contributed by atoms with Gasteiger partial charge in [-0.1, -0.05) is 12.1 Å². The van der Waals surface area contributed by atoms with E-state index in [1.54, 1.807) is 12.5 Å². The molecule has 0 aliphatic heterocycles. The summed E-state index contributed by atoms with van der Waals surface area (Å²) in [6.45, 7) is 3.15. The fourth-order valence-corrected chi connectivity index (χ4v) is 2.06. The highest BCUT2D eigenvalue weighted by Crippen LogP contribution is 2.13. The minimum atomic E-state index is 0.546. The third-order valence-corrected chi connectivity index (χ3v) is 3.12. The van der Waals surface area contributed by atoms with Crippen LogP contribution in [0.3, 0.4) is 0 Å². The number of rotatable bonds is 8. The molecule has 0 unspecified atom stereocenters. The maximum absolute atomic E-state index is 5.73. The first-order valence-electron chi connectivity index (χ1n) is 6.89. The Morgan fingerprint density at radius 2 is 2.15 bits per heavy atom. The highest BCUT2D eigenvalue weighted by Gasteiger charge is 2.02. The molecule has 20 heavy (non-hydrogen) atoms. The van der Waals surface area contributed by atoms with E-state index in [2.05, 4.69) is 11.9 Å². The summed E-state index contributed by atoms with van der Waals surface area (Å²) < 4.78 is 10.8. The average molecular weight is 274 g/mol. The summed E-state index contributed by atoms with van der Waals surface area (Å²) in [6.07, 6.45) is 4.48. The van der Waals surface area contributed by atoms with Crippen molar-refractivity contribution in [1.82, 2.24) is 4.90 Å². The minimum absolute atomic E-state index is 0.546. The van der Waals surface area contributed by atoms with Crippen LogP contribution in [0.5, 0.6) is 5.75 Å². The molecule has 4 heteroatoms. The number of nitrogens with zero attached hydrogens (tertiary/aromatic N) is 1. The van der Waals surface area contributed by atoms with Crippen molar-refractivity contribution in [3.63, 3.8) is 0 Å². The van der Waals surface area contributed by atoms with Crippen LogP contribution in [0.25, 0.3) is 0 Å². The van der Waals surface area contributed by atoms with E-state index in [9.17, 15) is 0 Å². The maximum atomic E-state index is 5.73. The molecular weight excluding hydrogens is 252 g/mol. The van der Waals surface area contributed by atoms with E-state index < -0.39 is 0 Å². The predicted molar refractivity (Wildman–Crippen MR) is 79.5 cm³/mol. The molecule has 0 aliphatic carbocycles. The van der Waals surface area contributed by atoms with Crippen LogP contribution in [0.15, 0.2) is 47.3 Å². The Balaban J connectivity index is 1.65. The van der Waals surface area contributed by atoms with Gasteiger partial charge >= 0.3 is 0 Å². The van der Waals surface area contributed by atoms with E-state index >= 15 is 0 Å². The summed E-state index contributed by atoms with van der Waals surface area (Å²) in [5.41, 5.74) is 7.90. The van der Waals surface area contributed by atoms with Gasteiger partial charge < -0.3 is 19.8 Å². The van der Waals surface area contributed by atoms with Crippen LogP contribution >= 0.6 is 0 Å². The van der Waals surface area contributed by atoms with Crippen molar-refractivity contribution in [1.29, 1.82) is 0 Å². The van der Waals surface area contributed by atoms with E-state index in [1.165, 1.54) is 5.56 Å². The molecule has 1 aromatic carbocycles. The Hall–Kier alpha value is -1.78. The highest BCUT2D eigenvalue weighted by molar-refractivity contribution is 5.28. The van der Waals surface area contributed by atoms with E-state index in [0.717, 1.165) is 30.8 Å². The fourth-order valence-electron chi connectivity index (χ4n) is 2.06. The lowest BCUT2D eigenvalue weighted by Gasteiger charge is -2.15. The molecule has 0 amide bonds. The van der Waals surface area contributed by atoms with Gasteiger partial charge in [-0.25, -0.2) is 0 Å². The van der Waals surface area contributed by atoms with Crippen molar-refractivity contribution in [2.75, 3.05) is 20.2 Å². The SMILES string of the molecule is CN(CCCOc1cccc(CN)c1)Cc1ccoc1. The van der Waals surface area contributed by atoms with Crippen molar-refractivity contribution in [3.05, 3.63) is 54.0 Å². The maximum Gasteiger partial charge on any atom is 0.119 e. The average Bonchev–Trinajstić information content (AvgIpc) is 2.97. The predicted octanol–water partition coefficient (Wildman–Crippen LogP) is 2.64. The van der Waals surface area contributed by atoms with Crippen molar-refractivity contribution in [3.8, 4) is 5.75 Å². The molecule has 0 saturated carbocycles. The molecule has 108 valence electrons. The van der Waals surface area contributed by atoms with Crippen LogP contribution < -0.4 is 10.5 Å². The lowest BCUT2D eigenvalue weighted by molar-refractivity contribution is 0.258. The number of hydrogen-bond donors (Lipinski definition) is 1. The van der Waals surface area contributed by atoms with Gasteiger partial charge in [-0.05, 0) is 37.2 Å². The van der Waals surface area contributed by atoms with Crippen LogP contribution in [0.2, 0.25) is 0 Å². The molecule has 1 aromatic heterocycles. The number of hydrogen-bond acceptors (Lipinski definition) is 4. The monoisotopic (exact) mass is 274 g/mol. The Morgan fingerprint density at radius 3 is 2.90 bits per heavy atom.